The fraction of sp³-hybridized carbons (Fsp3) is 0.571. The number of carbonyl (C=O) groups is 1. The number of aliphatic hydroxyl groups excluding tert-OH is 1. The van der Waals surface area contributed by atoms with Gasteiger partial charge in [0.25, 0.3) is 0 Å². The van der Waals surface area contributed by atoms with Gasteiger partial charge in [0.05, 0.1) is 36.8 Å². The molecule has 1 aromatic carbocycles. The smallest absolute Gasteiger partial charge is 0.239 e. The number of aromatic nitrogens is 1. The number of likely N-dealkylation sites (N-methyl/N-ethyl adjacent to an activating group) is 1. The minimum absolute atomic E-state index is 0.000865. The first-order valence-corrected chi connectivity index (χ1v) is 13.3. The Morgan fingerprint density at radius 2 is 1.89 bits per heavy atom. The number of pyridine rings is 1. The Balaban J connectivity index is 1.28. The molecule has 9 atom stereocenters. The molecule has 0 spiro atoms. The van der Waals surface area contributed by atoms with Crippen LogP contribution in [0.15, 0.2) is 42.6 Å². The fourth-order valence-corrected chi connectivity index (χ4v) is 5.90. The number of nitrogens with zero attached hydrogens (tertiary/aromatic N) is 1. The van der Waals surface area contributed by atoms with Crippen LogP contribution in [0.25, 0.3) is 11.1 Å². The molecule has 38 heavy (non-hydrogen) atoms. The zero-order chi connectivity index (χ0) is 27.0. The van der Waals surface area contributed by atoms with Crippen LogP contribution in [0.5, 0.6) is 0 Å². The molecule has 5 rings (SSSR count). The first-order valence-electron chi connectivity index (χ1n) is 13.3. The highest BCUT2D eigenvalue weighted by molar-refractivity contribution is 5.78. The highest BCUT2D eigenvalue weighted by Crippen LogP contribution is 2.43. The van der Waals surface area contributed by atoms with Crippen molar-refractivity contribution < 1.29 is 33.6 Å². The molecule has 0 radical (unpaired) electrons. The van der Waals surface area contributed by atoms with Crippen molar-refractivity contribution in [1.82, 2.24) is 15.6 Å². The summed E-state index contributed by atoms with van der Waals surface area (Å²) in [6.07, 6.45) is 0.343. The maximum Gasteiger partial charge on any atom is 0.239 e. The van der Waals surface area contributed by atoms with E-state index in [1.165, 1.54) is 12.1 Å². The number of nitrogens with one attached hydrogen (secondary N) is 2. The molecule has 4 N–H and O–H groups in total. The predicted octanol–water partition coefficient (Wildman–Crippen LogP) is 1.90. The second-order valence-electron chi connectivity index (χ2n) is 10.6. The van der Waals surface area contributed by atoms with E-state index in [2.05, 4.69) is 15.6 Å². The number of rotatable bonds is 6. The molecule has 9 nitrogen and oxygen atoms in total. The molecule has 1 aromatic heterocycles. The fourth-order valence-electron chi connectivity index (χ4n) is 5.90. The molecule has 0 bridgehead atoms. The van der Waals surface area contributed by atoms with Crippen LogP contribution in [-0.4, -0.2) is 76.7 Å². The second kappa shape index (κ2) is 11.0. The molecule has 1 amide bonds. The van der Waals surface area contributed by atoms with E-state index in [1.807, 2.05) is 19.9 Å². The van der Waals surface area contributed by atoms with Crippen LogP contribution in [0.2, 0.25) is 0 Å². The number of benzene rings is 1. The summed E-state index contributed by atoms with van der Waals surface area (Å²) < 4.78 is 31.6. The molecule has 1 saturated carbocycles. The van der Waals surface area contributed by atoms with Crippen molar-refractivity contribution in [2.45, 2.75) is 88.1 Å². The molecule has 3 aliphatic rings. The molecular formula is C28H36FN3O6. The number of halogens is 1. The number of fused-ring (bicyclic) bond motifs is 2. The quantitative estimate of drug-likeness (QED) is 0.448. The first-order chi connectivity index (χ1) is 18.2. The number of amides is 1. The average molecular weight is 530 g/mol. The number of hydrogen-bond donors (Lipinski definition) is 4. The third kappa shape index (κ3) is 5.21. The van der Waals surface area contributed by atoms with Gasteiger partial charge in [-0.1, -0.05) is 31.5 Å². The van der Waals surface area contributed by atoms with Gasteiger partial charge in [-0.15, -0.1) is 0 Å². The van der Waals surface area contributed by atoms with E-state index in [9.17, 15) is 19.4 Å². The van der Waals surface area contributed by atoms with Gasteiger partial charge in [0.2, 0.25) is 18.0 Å². The van der Waals surface area contributed by atoms with Crippen LogP contribution in [0, 0.1) is 11.7 Å². The molecule has 2 aromatic rings. The van der Waals surface area contributed by atoms with Crippen molar-refractivity contribution in [3.8, 4) is 11.1 Å². The van der Waals surface area contributed by atoms with E-state index in [1.54, 1.807) is 31.4 Å². The second-order valence-corrected chi connectivity index (χ2v) is 10.6. The molecule has 3 heterocycles. The molecule has 2 aliphatic heterocycles. The van der Waals surface area contributed by atoms with Gasteiger partial charge in [0.1, 0.15) is 11.9 Å². The zero-order valence-electron chi connectivity index (χ0n) is 21.8. The number of ether oxygens (including phenoxy) is 3. The summed E-state index contributed by atoms with van der Waals surface area (Å²) in [5, 5.41) is 28.6. The lowest BCUT2D eigenvalue weighted by Gasteiger charge is -2.57. The number of carbonyl (C=O) groups excluding carboxylic acids is 1. The monoisotopic (exact) mass is 529 g/mol. The maximum absolute atomic E-state index is 13.2. The third-order valence-electron chi connectivity index (χ3n) is 8.03. The number of aliphatic hydroxyl groups is 2. The highest BCUT2D eigenvalue weighted by Gasteiger charge is 2.61. The van der Waals surface area contributed by atoms with Crippen molar-refractivity contribution >= 4 is 5.91 Å². The van der Waals surface area contributed by atoms with Gasteiger partial charge in [-0.25, -0.2) is 4.39 Å². The lowest BCUT2D eigenvalue weighted by Crippen LogP contribution is -2.75. The summed E-state index contributed by atoms with van der Waals surface area (Å²) in [7, 11) is 1.75. The van der Waals surface area contributed by atoms with E-state index in [0.717, 1.165) is 17.5 Å². The number of hydrogen-bond acceptors (Lipinski definition) is 8. The van der Waals surface area contributed by atoms with Crippen LogP contribution in [0.3, 0.4) is 0 Å². The van der Waals surface area contributed by atoms with Crippen molar-refractivity contribution in [3.05, 3.63) is 54.1 Å². The average Bonchev–Trinajstić information content (AvgIpc) is 2.89. The minimum Gasteiger partial charge on any atom is -0.391 e. The normalized spacial score (nSPS) is 36.7. The van der Waals surface area contributed by atoms with E-state index < -0.39 is 36.4 Å². The van der Waals surface area contributed by atoms with Gasteiger partial charge in [-0.05, 0) is 56.5 Å². The third-order valence-corrected chi connectivity index (χ3v) is 8.03. The summed E-state index contributed by atoms with van der Waals surface area (Å²) in [6, 6.07) is 8.46. The van der Waals surface area contributed by atoms with Crippen LogP contribution >= 0.6 is 0 Å². The summed E-state index contributed by atoms with van der Waals surface area (Å²) in [5.74, 6) is -2.53. The minimum atomic E-state index is -1.92. The van der Waals surface area contributed by atoms with Crippen molar-refractivity contribution in [2.75, 3.05) is 7.05 Å². The van der Waals surface area contributed by atoms with Gasteiger partial charge in [-0.3, -0.25) is 9.78 Å². The maximum atomic E-state index is 13.2. The molecule has 206 valence electrons. The molecule has 1 aliphatic carbocycles. The van der Waals surface area contributed by atoms with Gasteiger partial charge in [0.15, 0.2) is 0 Å². The molecule has 3 fully saturated rings. The molecule has 10 heteroatoms. The van der Waals surface area contributed by atoms with E-state index in [0.29, 0.717) is 18.5 Å². The standard InChI is InChI=1S/C28H36FN3O6/c1-4-16-12-21-26(24(30-3)25(16)34)38-28(35)22(11-15(2)36-27(28)37-21)32-23(33)13-20-10-7-18(14-31-20)17-5-8-19(29)9-6-17/h5-10,14-16,21-22,24-27,30,34-35H,4,11-13H2,1-3H3,(H,32,33)/t15-,16+,21?,22-,24+,25+,26?,27?,28+/m1/s1. The Morgan fingerprint density at radius 1 is 1.16 bits per heavy atom. The van der Waals surface area contributed by atoms with Gasteiger partial charge < -0.3 is 35.1 Å². The lowest BCUT2D eigenvalue weighted by atomic mass is 9.77. The molecular weight excluding hydrogens is 493 g/mol. The Morgan fingerprint density at radius 3 is 2.55 bits per heavy atom. The predicted molar refractivity (Wildman–Crippen MR) is 136 cm³/mol. The summed E-state index contributed by atoms with van der Waals surface area (Å²) in [4.78, 5) is 17.4. The SMILES string of the molecule is CC[C@H]1CC2OC3O[C@H](C)C[C@@H](NC(=O)Cc4ccc(-c5ccc(F)cc5)cn4)[C@]3(O)OC2[C@@H](NC)[C@H]1O. The summed E-state index contributed by atoms with van der Waals surface area (Å²) in [5.41, 5.74) is 2.19. The van der Waals surface area contributed by atoms with Crippen LogP contribution in [-0.2, 0) is 25.4 Å². The van der Waals surface area contributed by atoms with Gasteiger partial charge in [-0.2, -0.15) is 0 Å². The van der Waals surface area contributed by atoms with Crippen molar-refractivity contribution in [1.29, 1.82) is 0 Å². The lowest BCUT2D eigenvalue weighted by molar-refractivity contribution is -0.443. The Kier molecular flexibility index (Phi) is 7.82. The van der Waals surface area contributed by atoms with Crippen LogP contribution in [0.1, 0.15) is 38.8 Å². The van der Waals surface area contributed by atoms with E-state index in [4.69, 9.17) is 14.2 Å². The van der Waals surface area contributed by atoms with Crippen molar-refractivity contribution in [3.63, 3.8) is 0 Å². The Hall–Kier alpha value is -2.47. The molecule has 2 saturated heterocycles. The van der Waals surface area contributed by atoms with Gasteiger partial charge >= 0.3 is 0 Å². The van der Waals surface area contributed by atoms with Crippen LogP contribution in [0.4, 0.5) is 4.39 Å². The van der Waals surface area contributed by atoms with Gasteiger partial charge in [0, 0.05) is 17.5 Å². The van der Waals surface area contributed by atoms with E-state index >= 15 is 0 Å². The van der Waals surface area contributed by atoms with Crippen LogP contribution < -0.4 is 10.6 Å². The van der Waals surface area contributed by atoms with Crippen molar-refractivity contribution in [2.24, 2.45) is 5.92 Å². The first kappa shape index (κ1) is 27.1. The largest absolute Gasteiger partial charge is 0.391 e. The zero-order valence-corrected chi connectivity index (χ0v) is 21.8. The van der Waals surface area contributed by atoms with E-state index in [-0.39, 0.29) is 36.3 Å². The Bertz CT molecular complexity index is 1120. The topological polar surface area (TPSA) is 122 Å². The summed E-state index contributed by atoms with van der Waals surface area (Å²) >= 11 is 0. The molecule has 3 unspecified atom stereocenters. The highest BCUT2D eigenvalue weighted by atomic mass is 19.1. The summed E-state index contributed by atoms with van der Waals surface area (Å²) in [6.45, 7) is 3.89. The Labute approximate surface area is 221 Å².